The summed E-state index contributed by atoms with van der Waals surface area (Å²) >= 11 is 0. The average molecular weight is 221 g/mol. The second-order valence-corrected chi connectivity index (χ2v) is 5.23. The van der Waals surface area contributed by atoms with E-state index in [1.165, 1.54) is 0 Å². The highest BCUT2D eigenvalue weighted by Gasteiger charge is 2.61. The molecule has 3 heteroatoms. The molecule has 1 atom stereocenters. The number of rotatable bonds is 3. The molecule has 0 saturated heterocycles. The van der Waals surface area contributed by atoms with Gasteiger partial charge in [0.15, 0.2) is 11.5 Å². The molecule has 1 aromatic rings. The Balaban J connectivity index is 2.39. The lowest BCUT2D eigenvalue weighted by molar-refractivity contribution is 0.372. The van der Waals surface area contributed by atoms with Crippen LogP contribution in [0, 0.1) is 5.41 Å². The summed E-state index contributed by atoms with van der Waals surface area (Å²) in [6, 6.07) is 5.58. The van der Waals surface area contributed by atoms with Crippen molar-refractivity contribution < 1.29 is 9.84 Å². The first-order chi connectivity index (χ1) is 7.47. The molecule has 0 aliphatic heterocycles. The van der Waals surface area contributed by atoms with E-state index in [9.17, 15) is 5.11 Å². The van der Waals surface area contributed by atoms with Crippen molar-refractivity contribution in [2.24, 2.45) is 11.1 Å². The van der Waals surface area contributed by atoms with Crippen LogP contribution in [0.1, 0.15) is 25.8 Å². The third-order valence-electron chi connectivity index (χ3n) is 3.99. The van der Waals surface area contributed by atoms with Gasteiger partial charge in [-0.2, -0.15) is 0 Å². The fourth-order valence-corrected chi connectivity index (χ4v) is 2.66. The van der Waals surface area contributed by atoms with Crippen molar-refractivity contribution in [2.45, 2.75) is 25.7 Å². The van der Waals surface area contributed by atoms with Crippen molar-refractivity contribution >= 4 is 0 Å². The second kappa shape index (κ2) is 3.39. The highest BCUT2D eigenvalue weighted by molar-refractivity contribution is 5.48. The van der Waals surface area contributed by atoms with E-state index in [1.807, 2.05) is 6.07 Å². The van der Waals surface area contributed by atoms with E-state index in [2.05, 4.69) is 13.8 Å². The molecule has 0 heterocycles. The van der Waals surface area contributed by atoms with Crippen molar-refractivity contribution in [1.29, 1.82) is 0 Å². The number of benzene rings is 1. The number of hydrogen-bond donors (Lipinski definition) is 2. The van der Waals surface area contributed by atoms with Gasteiger partial charge >= 0.3 is 0 Å². The zero-order valence-corrected chi connectivity index (χ0v) is 10.1. The number of nitrogens with two attached hydrogens (primary N) is 1. The van der Waals surface area contributed by atoms with Gasteiger partial charge in [-0.1, -0.05) is 19.9 Å². The van der Waals surface area contributed by atoms with Crippen molar-refractivity contribution in [3.63, 3.8) is 0 Å². The third kappa shape index (κ3) is 1.39. The van der Waals surface area contributed by atoms with Gasteiger partial charge in [-0.3, -0.25) is 0 Å². The van der Waals surface area contributed by atoms with Crippen LogP contribution < -0.4 is 10.5 Å². The number of hydrogen-bond acceptors (Lipinski definition) is 3. The predicted octanol–water partition coefficient (Wildman–Crippen LogP) is 2.03. The van der Waals surface area contributed by atoms with Crippen LogP contribution in [0.5, 0.6) is 11.5 Å². The zero-order chi connectivity index (χ0) is 12.0. The number of methoxy groups -OCH3 is 1. The molecule has 1 aromatic carbocycles. The highest BCUT2D eigenvalue weighted by Crippen LogP contribution is 2.64. The van der Waals surface area contributed by atoms with Crippen molar-refractivity contribution in [3.8, 4) is 11.5 Å². The molecule has 0 amide bonds. The minimum atomic E-state index is 0.0246. The van der Waals surface area contributed by atoms with Crippen LogP contribution in [0.15, 0.2) is 18.2 Å². The molecule has 0 spiro atoms. The van der Waals surface area contributed by atoms with Crippen molar-refractivity contribution in [1.82, 2.24) is 0 Å². The molecule has 1 aliphatic carbocycles. The first kappa shape index (κ1) is 11.3. The predicted molar refractivity (Wildman–Crippen MR) is 63.8 cm³/mol. The van der Waals surface area contributed by atoms with E-state index in [4.69, 9.17) is 10.5 Å². The van der Waals surface area contributed by atoms with E-state index in [-0.39, 0.29) is 16.6 Å². The Morgan fingerprint density at radius 1 is 1.44 bits per heavy atom. The summed E-state index contributed by atoms with van der Waals surface area (Å²) in [4.78, 5) is 0. The van der Waals surface area contributed by atoms with Gasteiger partial charge in [-0.05, 0) is 29.5 Å². The molecular formula is C13H19NO2. The molecule has 2 rings (SSSR count). The SMILES string of the molecule is COc1ccc(C2(CN)CC2(C)C)cc1O. The van der Waals surface area contributed by atoms with Crippen LogP contribution in [0.2, 0.25) is 0 Å². The molecule has 0 radical (unpaired) electrons. The summed E-state index contributed by atoms with van der Waals surface area (Å²) in [6.07, 6.45) is 1.07. The lowest BCUT2D eigenvalue weighted by Gasteiger charge is -2.19. The summed E-state index contributed by atoms with van der Waals surface area (Å²) in [5, 5.41) is 9.78. The molecule has 88 valence electrons. The van der Waals surface area contributed by atoms with Gasteiger partial charge < -0.3 is 15.6 Å². The summed E-state index contributed by atoms with van der Waals surface area (Å²) in [6.45, 7) is 5.04. The number of ether oxygens (including phenoxy) is 1. The molecule has 1 unspecified atom stereocenters. The van der Waals surface area contributed by atoms with Gasteiger partial charge in [0.05, 0.1) is 7.11 Å². The number of aromatic hydroxyl groups is 1. The number of phenols is 1. The lowest BCUT2D eigenvalue weighted by Crippen LogP contribution is -2.25. The van der Waals surface area contributed by atoms with Gasteiger partial charge in [0.25, 0.3) is 0 Å². The summed E-state index contributed by atoms with van der Waals surface area (Å²) in [5.41, 5.74) is 7.24. The quantitative estimate of drug-likeness (QED) is 0.821. The van der Waals surface area contributed by atoms with E-state index in [1.54, 1.807) is 19.2 Å². The second-order valence-electron chi connectivity index (χ2n) is 5.23. The Labute approximate surface area is 96.2 Å². The minimum Gasteiger partial charge on any atom is -0.504 e. The van der Waals surface area contributed by atoms with E-state index in [0.29, 0.717) is 12.3 Å². The standard InChI is InChI=1S/C13H19NO2/c1-12(2)7-13(12,8-14)9-4-5-11(16-3)10(15)6-9/h4-6,15H,7-8,14H2,1-3H3. The van der Waals surface area contributed by atoms with Gasteiger partial charge in [-0.25, -0.2) is 0 Å². The zero-order valence-electron chi connectivity index (χ0n) is 10.1. The molecule has 3 N–H and O–H groups in total. The molecule has 0 aromatic heterocycles. The Morgan fingerprint density at radius 3 is 2.44 bits per heavy atom. The van der Waals surface area contributed by atoms with Crippen LogP contribution >= 0.6 is 0 Å². The maximum absolute atomic E-state index is 9.78. The van der Waals surface area contributed by atoms with Gasteiger partial charge in [-0.15, -0.1) is 0 Å². The molecule has 0 bridgehead atoms. The van der Waals surface area contributed by atoms with Crippen molar-refractivity contribution in [2.75, 3.05) is 13.7 Å². The average Bonchev–Trinajstić information content (AvgIpc) is 2.82. The number of phenolic OH excluding ortho intramolecular Hbond substituents is 1. The van der Waals surface area contributed by atoms with Crippen LogP contribution in [-0.2, 0) is 5.41 Å². The largest absolute Gasteiger partial charge is 0.504 e. The van der Waals surface area contributed by atoms with Gasteiger partial charge in [0.1, 0.15) is 0 Å². The Bertz CT molecular complexity index is 414. The first-order valence-electron chi connectivity index (χ1n) is 5.54. The highest BCUT2D eigenvalue weighted by atomic mass is 16.5. The molecule has 3 nitrogen and oxygen atoms in total. The Morgan fingerprint density at radius 2 is 2.06 bits per heavy atom. The molecule has 16 heavy (non-hydrogen) atoms. The normalized spacial score (nSPS) is 26.5. The topological polar surface area (TPSA) is 55.5 Å². The molecule has 1 aliphatic rings. The lowest BCUT2D eigenvalue weighted by atomic mass is 9.88. The molecule has 1 fully saturated rings. The first-order valence-corrected chi connectivity index (χ1v) is 5.54. The smallest absolute Gasteiger partial charge is 0.160 e. The summed E-state index contributed by atoms with van der Waals surface area (Å²) in [7, 11) is 1.55. The maximum Gasteiger partial charge on any atom is 0.160 e. The Kier molecular flexibility index (Phi) is 2.39. The van der Waals surface area contributed by atoms with Crippen LogP contribution in [0.3, 0.4) is 0 Å². The van der Waals surface area contributed by atoms with Crippen LogP contribution in [0.4, 0.5) is 0 Å². The van der Waals surface area contributed by atoms with Gasteiger partial charge in [0, 0.05) is 12.0 Å². The monoisotopic (exact) mass is 221 g/mol. The van der Waals surface area contributed by atoms with E-state index >= 15 is 0 Å². The van der Waals surface area contributed by atoms with Crippen LogP contribution in [-0.4, -0.2) is 18.8 Å². The molecular weight excluding hydrogens is 202 g/mol. The maximum atomic E-state index is 9.78. The van der Waals surface area contributed by atoms with Crippen molar-refractivity contribution in [3.05, 3.63) is 23.8 Å². The fraction of sp³-hybridized carbons (Fsp3) is 0.538. The van der Waals surface area contributed by atoms with E-state index < -0.39 is 0 Å². The fourth-order valence-electron chi connectivity index (χ4n) is 2.66. The third-order valence-corrected chi connectivity index (χ3v) is 3.99. The molecule has 1 saturated carbocycles. The Hall–Kier alpha value is -1.22. The summed E-state index contributed by atoms with van der Waals surface area (Å²) in [5.74, 6) is 0.699. The van der Waals surface area contributed by atoms with Crippen LogP contribution in [0.25, 0.3) is 0 Å². The van der Waals surface area contributed by atoms with Gasteiger partial charge in [0.2, 0.25) is 0 Å². The summed E-state index contributed by atoms with van der Waals surface area (Å²) < 4.78 is 5.04. The van der Waals surface area contributed by atoms with E-state index in [0.717, 1.165) is 12.0 Å². The minimum absolute atomic E-state index is 0.0246.